The molecule has 0 spiro atoms. The van der Waals surface area contributed by atoms with Crippen LogP contribution in [0.3, 0.4) is 0 Å². The highest BCUT2D eigenvalue weighted by Gasteiger charge is 2.17. The van der Waals surface area contributed by atoms with Crippen molar-refractivity contribution >= 4 is 51.2 Å². The van der Waals surface area contributed by atoms with Crippen LogP contribution in [-0.2, 0) is 0 Å². The number of carbonyl (C=O) groups excluding carboxylic acids is 1. The minimum Gasteiger partial charge on any atom is -0.386 e. The molecule has 0 atom stereocenters. The highest BCUT2D eigenvalue weighted by Crippen LogP contribution is 2.27. The van der Waals surface area contributed by atoms with Crippen molar-refractivity contribution < 1.29 is 4.79 Å². The van der Waals surface area contributed by atoms with Crippen LogP contribution in [0.1, 0.15) is 22.8 Å². The molecule has 0 radical (unpaired) electrons. The molecule has 138 valence electrons. The Morgan fingerprint density at radius 3 is 2.68 bits per heavy atom. The number of nitrogens with zero attached hydrogens (tertiary/aromatic N) is 3. The van der Waals surface area contributed by atoms with Gasteiger partial charge in [-0.3, -0.25) is 9.36 Å². The molecular formula is C22H17ClN4O. The van der Waals surface area contributed by atoms with E-state index in [1.807, 2.05) is 54.6 Å². The van der Waals surface area contributed by atoms with Crippen LogP contribution in [0.5, 0.6) is 0 Å². The zero-order valence-electron chi connectivity index (χ0n) is 15.1. The van der Waals surface area contributed by atoms with E-state index in [2.05, 4.69) is 10.2 Å². The SMILES string of the molecule is CC(N)=N/N=C/c1cn(C(=O)c2cccc3ccccc23)c2ccc(Cl)cc12. The average molecular weight is 389 g/mol. The summed E-state index contributed by atoms with van der Waals surface area (Å²) < 4.78 is 1.62. The predicted molar refractivity (Wildman–Crippen MR) is 116 cm³/mol. The highest BCUT2D eigenvalue weighted by molar-refractivity contribution is 6.31. The second kappa shape index (κ2) is 7.29. The Balaban J connectivity index is 1.90. The molecule has 2 N–H and O–H groups in total. The lowest BCUT2D eigenvalue weighted by atomic mass is 10.0. The molecule has 4 rings (SSSR count). The van der Waals surface area contributed by atoms with Gasteiger partial charge in [0.05, 0.1) is 11.7 Å². The summed E-state index contributed by atoms with van der Waals surface area (Å²) in [6.07, 6.45) is 3.32. The van der Waals surface area contributed by atoms with Crippen LogP contribution in [-0.4, -0.2) is 22.5 Å². The highest BCUT2D eigenvalue weighted by atomic mass is 35.5. The molecule has 1 aromatic heterocycles. The molecule has 0 amide bonds. The Labute approximate surface area is 166 Å². The maximum Gasteiger partial charge on any atom is 0.263 e. The van der Waals surface area contributed by atoms with Crippen molar-refractivity contribution in [2.24, 2.45) is 15.9 Å². The normalized spacial score (nSPS) is 12.3. The number of amidine groups is 1. The summed E-state index contributed by atoms with van der Waals surface area (Å²) in [6.45, 7) is 1.65. The minimum absolute atomic E-state index is 0.123. The third kappa shape index (κ3) is 3.28. The number of hydrogen-bond donors (Lipinski definition) is 1. The molecule has 0 aliphatic rings. The summed E-state index contributed by atoms with van der Waals surface area (Å²) in [5.41, 5.74) is 7.64. The van der Waals surface area contributed by atoms with Gasteiger partial charge in [0.25, 0.3) is 5.91 Å². The van der Waals surface area contributed by atoms with Crippen LogP contribution in [0.15, 0.2) is 77.1 Å². The number of hydrogen-bond acceptors (Lipinski definition) is 3. The smallest absolute Gasteiger partial charge is 0.263 e. The van der Waals surface area contributed by atoms with Crippen LogP contribution in [0.2, 0.25) is 5.02 Å². The fourth-order valence-electron chi connectivity index (χ4n) is 3.22. The summed E-state index contributed by atoms with van der Waals surface area (Å²) >= 11 is 6.17. The van der Waals surface area contributed by atoms with Gasteiger partial charge in [0.15, 0.2) is 0 Å². The van der Waals surface area contributed by atoms with Crippen LogP contribution >= 0.6 is 11.6 Å². The van der Waals surface area contributed by atoms with Gasteiger partial charge in [-0.25, -0.2) is 0 Å². The first-order valence-corrected chi connectivity index (χ1v) is 9.08. The van der Waals surface area contributed by atoms with Gasteiger partial charge in [0, 0.05) is 27.7 Å². The lowest BCUT2D eigenvalue weighted by Crippen LogP contribution is -2.11. The van der Waals surface area contributed by atoms with Crippen molar-refractivity contribution in [1.29, 1.82) is 0 Å². The van der Waals surface area contributed by atoms with Gasteiger partial charge < -0.3 is 5.73 Å². The van der Waals surface area contributed by atoms with Crippen LogP contribution in [0.4, 0.5) is 0 Å². The maximum absolute atomic E-state index is 13.4. The summed E-state index contributed by atoms with van der Waals surface area (Å²) in [5, 5.41) is 11.1. The van der Waals surface area contributed by atoms with E-state index in [1.165, 1.54) is 0 Å². The van der Waals surface area contributed by atoms with Gasteiger partial charge >= 0.3 is 0 Å². The summed E-state index contributed by atoms with van der Waals surface area (Å²) in [7, 11) is 0. The molecule has 1 heterocycles. The molecule has 4 aromatic rings. The fourth-order valence-corrected chi connectivity index (χ4v) is 3.39. The Morgan fingerprint density at radius 1 is 1.07 bits per heavy atom. The summed E-state index contributed by atoms with van der Waals surface area (Å²) in [6, 6.07) is 18.9. The van der Waals surface area contributed by atoms with Crippen LogP contribution in [0.25, 0.3) is 21.7 Å². The zero-order chi connectivity index (χ0) is 19.7. The van der Waals surface area contributed by atoms with Crippen molar-refractivity contribution in [3.8, 4) is 0 Å². The van der Waals surface area contributed by atoms with Gasteiger partial charge in [-0.1, -0.05) is 48.0 Å². The lowest BCUT2D eigenvalue weighted by molar-refractivity contribution is 0.0966. The molecule has 5 nitrogen and oxygen atoms in total. The number of aromatic nitrogens is 1. The van der Waals surface area contributed by atoms with Crippen molar-refractivity contribution in [2.75, 3.05) is 0 Å². The largest absolute Gasteiger partial charge is 0.386 e. The molecule has 0 fully saturated rings. The van der Waals surface area contributed by atoms with E-state index in [-0.39, 0.29) is 5.91 Å². The van der Waals surface area contributed by atoms with Crippen molar-refractivity contribution in [2.45, 2.75) is 6.92 Å². The van der Waals surface area contributed by atoms with E-state index < -0.39 is 0 Å². The van der Waals surface area contributed by atoms with Crippen LogP contribution in [0, 0.1) is 0 Å². The molecule has 0 saturated carbocycles. The molecule has 0 bridgehead atoms. The Hall–Kier alpha value is -3.44. The number of halogens is 1. The Bertz CT molecular complexity index is 1260. The molecule has 6 heteroatoms. The third-order valence-electron chi connectivity index (χ3n) is 4.45. The van der Waals surface area contributed by atoms with E-state index in [0.717, 1.165) is 27.2 Å². The van der Waals surface area contributed by atoms with Crippen LogP contribution < -0.4 is 5.73 Å². The van der Waals surface area contributed by atoms with Gasteiger partial charge in [0.2, 0.25) is 0 Å². The zero-order valence-corrected chi connectivity index (χ0v) is 15.9. The van der Waals surface area contributed by atoms with Crippen molar-refractivity contribution in [1.82, 2.24) is 4.57 Å². The fraction of sp³-hybridized carbons (Fsp3) is 0.0455. The van der Waals surface area contributed by atoms with E-state index in [4.69, 9.17) is 17.3 Å². The molecule has 0 saturated heterocycles. The van der Waals surface area contributed by atoms with Gasteiger partial charge in [-0.05, 0) is 42.0 Å². The first-order valence-electron chi connectivity index (χ1n) is 8.71. The standard InChI is InChI=1S/C22H17ClN4O/c1-14(24)26-25-12-16-13-27(21-10-9-17(23)11-20(16)21)22(28)19-8-4-6-15-5-2-3-7-18(15)19/h2-13H,1H3,(H2,24,26)/b25-12+. The quantitative estimate of drug-likeness (QED) is 0.309. The second-order valence-electron chi connectivity index (χ2n) is 6.43. The number of nitrogens with two attached hydrogens (primary N) is 1. The van der Waals surface area contributed by atoms with E-state index in [0.29, 0.717) is 16.4 Å². The molecule has 0 aliphatic carbocycles. The Morgan fingerprint density at radius 2 is 1.86 bits per heavy atom. The predicted octanol–water partition coefficient (Wildman–Crippen LogP) is 4.85. The minimum atomic E-state index is -0.123. The third-order valence-corrected chi connectivity index (χ3v) is 4.68. The number of rotatable bonds is 3. The van der Waals surface area contributed by atoms with Gasteiger partial charge in [-0.15, -0.1) is 5.10 Å². The molecule has 0 unspecified atom stereocenters. The Kier molecular flexibility index (Phi) is 4.67. The average Bonchev–Trinajstić information content (AvgIpc) is 3.04. The van der Waals surface area contributed by atoms with Gasteiger partial charge in [0.1, 0.15) is 5.84 Å². The first kappa shape index (κ1) is 17.9. The van der Waals surface area contributed by atoms with Crippen molar-refractivity contribution in [3.63, 3.8) is 0 Å². The van der Waals surface area contributed by atoms with Gasteiger partial charge in [-0.2, -0.15) is 5.10 Å². The first-order chi connectivity index (χ1) is 13.5. The van der Waals surface area contributed by atoms with E-state index >= 15 is 0 Å². The maximum atomic E-state index is 13.4. The summed E-state index contributed by atoms with van der Waals surface area (Å²) in [4.78, 5) is 13.4. The molecule has 28 heavy (non-hydrogen) atoms. The van der Waals surface area contributed by atoms with E-state index in [1.54, 1.807) is 30.0 Å². The van der Waals surface area contributed by atoms with Crippen molar-refractivity contribution in [3.05, 3.63) is 83.0 Å². The summed E-state index contributed by atoms with van der Waals surface area (Å²) in [5.74, 6) is 0.229. The number of carbonyl (C=O) groups is 1. The molecule has 3 aromatic carbocycles. The second-order valence-corrected chi connectivity index (χ2v) is 6.87. The molecular weight excluding hydrogens is 372 g/mol. The monoisotopic (exact) mass is 388 g/mol. The lowest BCUT2D eigenvalue weighted by Gasteiger charge is -2.08. The number of benzene rings is 3. The number of fused-ring (bicyclic) bond motifs is 2. The van der Waals surface area contributed by atoms with E-state index in [9.17, 15) is 4.79 Å². The topological polar surface area (TPSA) is 72.7 Å². The molecule has 0 aliphatic heterocycles.